The van der Waals surface area contributed by atoms with Gasteiger partial charge in [0, 0.05) is 10.0 Å². The van der Waals surface area contributed by atoms with Crippen LogP contribution in [0.2, 0.25) is 0 Å². The Kier molecular flexibility index (Phi) is 2.84. The third-order valence-electron chi connectivity index (χ3n) is 1.37. The summed E-state index contributed by atoms with van der Waals surface area (Å²) in [5.74, 6) is 5.16. The number of benzene rings is 1. The van der Waals surface area contributed by atoms with Crippen LogP contribution in [0, 0.1) is 0 Å². The van der Waals surface area contributed by atoms with Crippen molar-refractivity contribution in [2.24, 2.45) is 5.84 Å². The minimum atomic E-state index is -0.507. The molecule has 0 fully saturated rings. The van der Waals surface area contributed by atoms with Crippen LogP contribution in [0.25, 0.3) is 0 Å². The molecule has 11 heavy (non-hydrogen) atoms. The van der Waals surface area contributed by atoms with Crippen LogP contribution < -0.4 is 11.3 Å². The van der Waals surface area contributed by atoms with Crippen molar-refractivity contribution in [1.29, 1.82) is 0 Å². The van der Waals surface area contributed by atoms with Crippen molar-refractivity contribution in [2.45, 2.75) is 6.67 Å². The van der Waals surface area contributed by atoms with Crippen molar-refractivity contribution >= 4 is 21.6 Å². The van der Waals surface area contributed by atoms with Gasteiger partial charge in [0.25, 0.3) is 0 Å². The van der Waals surface area contributed by atoms with Crippen molar-refractivity contribution in [3.63, 3.8) is 0 Å². The summed E-state index contributed by atoms with van der Waals surface area (Å²) in [4.78, 5) is 0. The molecule has 0 radical (unpaired) electrons. The van der Waals surface area contributed by atoms with E-state index in [2.05, 4.69) is 21.4 Å². The third-order valence-corrected chi connectivity index (χ3v) is 1.86. The number of rotatable bonds is 2. The highest BCUT2D eigenvalue weighted by atomic mass is 79.9. The van der Waals surface area contributed by atoms with E-state index >= 15 is 0 Å². The summed E-state index contributed by atoms with van der Waals surface area (Å²) >= 11 is 3.25. The van der Waals surface area contributed by atoms with E-state index in [4.69, 9.17) is 5.84 Å². The topological polar surface area (TPSA) is 38.0 Å². The first-order valence-corrected chi connectivity index (χ1v) is 3.88. The molecule has 2 nitrogen and oxygen atoms in total. The number of nitrogen functional groups attached to an aromatic ring is 1. The monoisotopic (exact) mass is 218 g/mol. The Hall–Kier alpha value is -0.610. The van der Waals surface area contributed by atoms with Gasteiger partial charge >= 0.3 is 0 Å². The molecule has 0 aliphatic carbocycles. The van der Waals surface area contributed by atoms with Crippen molar-refractivity contribution in [3.05, 3.63) is 28.2 Å². The van der Waals surface area contributed by atoms with E-state index in [1.54, 1.807) is 18.2 Å². The van der Waals surface area contributed by atoms with E-state index in [0.717, 1.165) is 4.47 Å². The van der Waals surface area contributed by atoms with E-state index in [9.17, 15) is 4.39 Å². The first kappa shape index (κ1) is 8.49. The second kappa shape index (κ2) is 3.69. The van der Waals surface area contributed by atoms with Gasteiger partial charge in [-0.2, -0.15) is 0 Å². The largest absolute Gasteiger partial charge is 0.324 e. The van der Waals surface area contributed by atoms with E-state index in [1.165, 1.54) is 0 Å². The summed E-state index contributed by atoms with van der Waals surface area (Å²) in [6.07, 6.45) is 0. The molecule has 0 bridgehead atoms. The zero-order chi connectivity index (χ0) is 8.27. The van der Waals surface area contributed by atoms with Gasteiger partial charge in [0.05, 0.1) is 5.69 Å². The standard InChI is InChI=1S/C7H8BrFN2/c8-6-2-1-5(4-9)7(3-6)11-10/h1-3,11H,4,10H2. The molecule has 0 aliphatic rings. The lowest BCUT2D eigenvalue weighted by atomic mass is 10.2. The zero-order valence-electron chi connectivity index (χ0n) is 5.77. The molecule has 60 valence electrons. The highest BCUT2D eigenvalue weighted by Crippen LogP contribution is 2.20. The number of hydrazine groups is 1. The summed E-state index contributed by atoms with van der Waals surface area (Å²) in [5.41, 5.74) is 3.60. The molecule has 3 N–H and O–H groups in total. The molecule has 1 aromatic carbocycles. The van der Waals surface area contributed by atoms with E-state index in [-0.39, 0.29) is 0 Å². The molecule has 0 heterocycles. The van der Waals surface area contributed by atoms with Crippen LogP contribution in [0.4, 0.5) is 10.1 Å². The van der Waals surface area contributed by atoms with Crippen molar-refractivity contribution in [1.82, 2.24) is 0 Å². The molecule has 0 aromatic heterocycles. The van der Waals surface area contributed by atoms with Crippen LogP contribution in [0.1, 0.15) is 5.56 Å². The van der Waals surface area contributed by atoms with Crippen LogP contribution in [-0.2, 0) is 6.67 Å². The second-order valence-corrected chi connectivity index (χ2v) is 3.00. The quantitative estimate of drug-likeness (QED) is 0.591. The minimum Gasteiger partial charge on any atom is -0.324 e. The average molecular weight is 219 g/mol. The van der Waals surface area contributed by atoms with E-state index in [1.807, 2.05) is 0 Å². The molecular weight excluding hydrogens is 211 g/mol. The number of nitrogens with one attached hydrogen (secondary N) is 1. The van der Waals surface area contributed by atoms with Gasteiger partial charge in [0.1, 0.15) is 6.67 Å². The lowest BCUT2D eigenvalue weighted by Crippen LogP contribution is -2.08. The third kappa shape index (κ3) is 1.91. The maximum absolute atomic E-state index is 12.2. The van der Waals surface area contributed by atoms with Crippen LogP contribution in [0.3, 0.4) is 0 Å². The van der Waals surface area contributed by atoms with Gasteiger partial charge in [0.2, 0.25) is 0 Å². The van der Waals surface area contributed by atoms with Crippen LogP contribution >= 0.6 is 15.9 Å². The Morgan fingerprint density at radius 3 is 2.82 bits per heavy atom. The lowest BCUT2D eigenvalue weighted by Gasteiger charge is -2.04. The maximum Gasteiger partial charge on any atom is 0.117 e. The normalized spacial score (nSPS) is 9.73. The molecule has 0 atom stereocenters. The molecule has 0 amide bonds. The fourth-order valence-electron chi connectivity index (χ4n) is 0.800. The number of halogens is 2. The van der Waals surface area contributed by atoms with Gasteiger partial charge in [-0.05, 0) is 12.1 Å². The summed E-state index contributed by atoms with van der Waals surface area (Å²) in [6, 6.07) is 5.18. The summed E-state index contributed by atoms with van der Waals surface area (Å²) in [5, 5.41) is 0. The first-order valence-electron chi connectivity index (χ1n) is 3.09. The molecule has 0 saturated heterocycles. The van der Waals surface area contributed by atoms with Gasteiger partial charge in [-0.25, -0.2) is 4.39 Å². The Labute approximate surface area is 72.7 Å². The second-order valence-electron chi connectivity index (χ2n) is 2.08. The molecule has 1 rings (SSSR count). The van der Waals surface area contributed by atoms with Gasteiger partial charge in [0.15, 0.2) is 0 Å². The molecule has 0 unspecified atom stereocenters. The molecule has 1 aromatic rings. The Morgan fingerprint density at radius 1 is 1.55 bits per heavy atom. The Bertz CT molecular complexity index is 252. The number of alkyl halides is 1. The predicted octanol–water partition coefficient (Wildman–Crippen LogP) is 2.20. The van der Waals surface area contributed by atoms with Crippen molar-refractivity contribution in [3.8, 4) is 0 Å². The van der Waals surface area contributed by atoms with Crippen molar-refractivity contribution < 1.29 is 4.39 Å². The first-order chi connectivity index (χ1) is 5.27. The minimum absolute atomic E-state index is 0.507. The maximum atomic E-state index is 12.2. The van der Waals surface area contributed by atoms with E-state index in [0.29, 0.717) is 11.3 Å². The highest BCUT2D eigenvalue weighted by molar-refractivity contribution is 9.10. The van der Waals surface area contributed by atoms with Crippen LogP contribution in [0.5, 0.6) is 0 Å². The fraction of sp³-hybridized carbons (Fsp3) is 0.143. The van der Waals surface area contributed by atoms with Gasteiger partial charge in [-0.3, -0.25) is 5.84 Å². The molecule has 4 heteroatoms. The summed E-state index contributed by atoms with van der Waals surface area (Å²) < 4.78 is 13.1. The molecule has 0 aliphatic heterocycles. The van der Waals surface area contributed by atoms with Gasteiger partial charge < -0.3 is 5.43 Å². The average Bonchev–Trinajstić information content (AvgIpc) is 2.04. The van der Waals surface area contributed by atoms with Crippen LogP contribution in [-0.4, -0.2) is 0 Å². The highest BCUT2D eigenvalue weighted by Gasteiger charge is 1.99. The van der Waals surface area contributed by atoms with Crippen LogP contribution in [0.15, 0.2) is 22.7 Å². The molecule has 0 saturated carbocycles. The van der Waals surface area contributed by atoms with Crippen molar-refractivity contribution in [2.75, 3.05) is 5.43 Å². The number of hydrogen-bond donors (Lipinski definition) is 2. The lowest BCUT2D eigenvalue weighted by molar-refractivity contribution is 0.486. The summed E-state index contributed by atoms with van der Waals surface area (Å²) in [7, 11) is 0. The number of anilines is 1. The smallest absolute Gasteiger partial charge is 0.117 e. The summed E-state index contributed by atoms with van der Waals surface area (Å²) in [6.45, 7) is -0.507. The Balaban J connectivity index is 3.06. The van der Waals surface area contributed by atoms with E-state index < -0.39 is 6.67 Å². The van der Waals surface area contributed by atoms with Gasteiger partial charge in [-0.1, -0.05) is 22.0 Å². The Morgan fingerprint density at radius 2 is 2.27 bits per heavy atom. The zero-order valence-corrected chi connectivity index (χ0v) is 7.36. The van der Waals surface area contributed by atoms with Gasteiger partial charge in [-0.15, -0.1) is 0 Å². The molecule has 0 spiro atoms. The SMILES string of the molecule is NNc1cc(Br)ccc1CF. The fourth-order valence-corrected chi connectivity index (χ4v) is 1.16. The number of nitrogens with two attached hydrogens (primary N) is 1. The number of hydrogen-bond acceptors (Lipinski definition) is 2. The predicted molar refractivity (Wildman–Crippen MR) is 46.8 cm³/mol. The molecular formula is C7H8BrFN2.